The Hall–Kier alpha value is -1.79. The predicted octanol–water partition coefficient (Wildman–Crippen LogP) is 1.88. The molecule has 0 unspecified atom stereocenters. The van der Waals surface area contributed by atoms with E-state index in [1.54, 1.807) is 16.8 Å². The van der Waals surface area contributed by atoms with Crippen molar-refractivity contribution in [2.45, 2.75) is 25.3 Å². The van der Waals surface area contributed by atoms with E-state index in [1.165, 1.54) is 0 Å². The van der Waals surface area contributed by atoms with Gasteiger partial charge in [0.1, 0.15) is 11.8 Å². The van der Waals surface area contributed by atoms with E-state index in [4.69, 9.17) is 9.84 Å². The first kappa shape index (κ1) is 20.3. The molecular formula is C17H25ClN2O4. The van der Waals surface area contributed by atoms with E-state index in [-0.39, 0.29) is 24.9 Å². The summed E-state index contributed by atoms with van der Waals surface area (Å²) in [5.74, 6) is -0.0603. The number of likely N-dealkylation sites (N-methyl/N-ethyl adjacent to an activating group) is 1. The van der Waals surface area contributed by atoms with Crippen molar-refractivity contribution in [1.29, 1.82) is 0 Å². The summed E-state index contributed by atoms with van der Waals surface area (Å²) in [6.07, 6.45) is 2.19. The third-order valence-electron chi connectivity index (χ3n) is 4.06. The SMILES string of the molecule is CN(CCCOc1ccccc1)C(=O)CN1CCC[C@@H]1C(=O)O.Cl. The molecule has 0 bridgehead atoms. The fourth-order valence-corrected chi connectivity index (χ4v) is 2.72. The van der Waals surface area contributed by atoms with Gasteiger partial charge in [-0.1, -0.05) is 18.2 Å². The normalized spacial score (nSPS) is 17.1. The fraction of sp³-hybridized carbons (Fsp3) is 0.529. The molecule has 1 amide bonds. The Morgan fingerprint density at radius 1 is 1.33 bits per heavy atom. The number of ether oxygens (including phenoxy) is 1. The summed E-state index contributed by atoms with van der Waals surface area (Å²) in [7, 11) is 1.75. The molecule has 2 rings (SSSR count). The summed E-state index contributed by atoms with van der Waals surface area (Å²) < 4.78 is 5.59. The number of likely N-dealkylation sites (tertiary alicyclic amines) is 1. The van der Waals surface area contributed by atoms with E-state index in [0.29, 0.717) is 26.1 Å². The lowest BCUT2D eigenvalue weighted by molar-refractivity contribution is -0.143. The molecule has 1 atom stereocenters. The lowest BCUT2D eigenvalue weighted by atomic mass is 10.2. The van der Waals surface area contributed by atoms with Gasteiger partial charge in [0.15, 0.2) is 0 Å². The number of nitrogens with zero attached hydrogens (tertiary/aromatic N) is 2. The van der Waals surface area contributed by atoms with Gasteiger partial charge in [-0.25, -0.2) is 0 Å². The number of hydrogen-bond acceptors (Lipinski definition) is 4. The molecule has 24 heavy (non-hydrogen) atoms. The molecule has 1 aromatic rings. The molecule has 1 N–H and O–H groups in total. The maximum atomic E-state index is 12.2. The van der Waals surface area contributed by atoms with Crippen molar-refractivity contribution < 1.29 is 19.4 Å². The van der Waals surface area contributed by atoms with Gasteiger partial charge in [0, 0.05) is 13.6 Å². The Morgan fingerprint density at radius 3 is 2.71 bits per heavy atom. The molecule has 0 radical (unpaired) electrons. The van der Waals surface area contributed by atoms with Crippen LogP contribution in [-0.4, -0.2) is 66.1 Å². The van der Waals surface area contributed by atoms with E-state index in [9.17, 15) is 9.59 Å². The largest absolute Gasteiger partial charge is 0.494 e. The average molecular weight is 357 g/mol. The van der Waals surface area contributed by atoms with Crippen LogP contribution in [0.5, 0.6) is 5.75 Å². The minimum absolute atomic E-state index is 0. The monoisotopic (exact) mass is 356 g/mol. The zero-order valence-corrected chi connectivity index (χ0v) is 14.7. The van der Waals surface area contributed by atoms with Crippen LogP contribution in [0.3, 0.4) is 0 Å². The Balaban J connectivity index is 0.00000288. The van der Waals surface area contributed by atoms with Crippen LogP contribution >= 0.6 is 12.4 Å². The topological polar surface area (TPSA) is 70.1 Å². The van der Waals surface area contributed by atoms with Gasteiger partial charge in [-0.05, 0) is 37.9 Å². The highest BCUT2D eigenvalue weighted by molar-refractivity contribution is 5.85. The number of carboxylic acids is 1. The molecule has 1 aliphatic heterocycles. The van der Waals surface area contributed by atoms with Gasteiger partial charge in [0.2, 0.25) is 5.91 Å². The molecule has 1 aliphatic rings. The van der Waals surface area contributed by atoms with Gasteiger partial charge in [0.25, 0.3) is 0 Å². The first-order valence-electron chi connectivity index (χ1n) is 7.96. The second kappa shape index (κ2) is 10.2. The first-order valence-corrected chi connectivity index (χ1v) is 7.96. The fourth-order valence-electron chi connectivity index (χ4n) is 2.72. The molecule has 1 fully saturated rings. The van der Waals surface area contributed by atoms with Crippen LogP contribution in [0.2, 0.25) is 0 Å². The van der Waals surface area contributed by atoms with Gasteiger partial charge in [-0.15, -0.1) is 12.4 Å². The van der Waals surface area contributed by atoms with Gasteiger partial charge < -0.3 is 14.7 Å². The van der Waals surface area contributed by atoms with E-state index in [2.05, 4.69) is 0 Å². The molecule has 134 valence electrons. The Bertz CT molecular complexity index is 527. The smallest absolute Gasteiger partial charge is 0.320 e. The van der Waals surface area contributed by atoms with Gasteiger partial charge in [-0.3, -0.25) is 14.5 Å². The molecular weight excluding hydrogens is 332 g/mol. The van der Waals surface area contributed by atoms with Crippen molar-refractivity contribution in [2.24, 2.45) is 0 Å². The molecule has 7 heteroatoms. The van der Waals surface area contributed by atoms with Crippen molar-refractivity contribution in [3.05, 3.63) is 30.3 Å². The molecule has 1 heterocycles. The maximum Gasteiger partial charge on any atom is 0.320 e. The van der Waals surface area contributed by atoms with Crippen molar-refractivity contribution in [2.75, 3.05) is 33.3 Å². The van der Waals surface area contributed by atoms with Crippen LogP contribution in [0.4, 0.5) is 0 Å². The number of amides is 1. The predicted molar refractivity (Wildman–Crippen MR) is 93.7 cm³/mol. The van der Waals surface area contributed by atoms with Crippen LogP contribution in [0.25, 0.3) is 0 Å². The Morgan fingerprint density at radius 2 is 2.04 bits per heavy atom. The van der Waals surface area contributed by atoms with Crippen LogP contribution in [0.1, 0.15) is 19.3 Å². The quantitative estimate of drug-likeness (QED) is 0.720. The summed E-state index contributed by atoms with van der Waals surface area (Å²) >= 11 is 0. The highest BCUT2D eigenvalue weighted by Gasteiger charge is 2.32. The van der Waals surface area contributed by atoms with Crippen molar-refractivity contribution in [3.63, 3.8) is 0 Å². The third-order valence-corrected chi connectivity index (χ3v) is 4.06. The van der Waals surface area contributed by atoms with Gasteiger partial charge >= 0.3 is 5.97 Å². The molecule has 1 saturated heterocycles. The summed E-state index contributed by atoms with van der Waals surface area (Å²) in [6, 6.07) is 9.04. The van der Waals surface area contributed by atoms with Crippen LogP contribution < -0.4 is 4.74 Å². The third kappa shape index (κ3) is 6.02. The average Bonchev–Trinajstić information content (AvgIpc) is 3.00. The zero-order valence-electron chi connectivity index (χ0n) is 13.9. The number of halogens is 1. The van der Waals surface area contributed by atoms with Gasteiger partial charge in [-0.2, -0.15) is 0 Å². The molecule has 0 aromatic heterocycles. The number of carboxylic acid groups (broad SMARTS) is 1. The van der Waals surface area contributed by atoms with Crippen molar-refractivity contribution in [1.82, 2.24) is 9.80 Å². The number of rotatable bonds is 8. The zero-order chi connectivity index (χ0) is 16.7. The molecule has 6 nitrogen and oxygen atoms in total. The molecule has 0 spiro atoms. The van der Waals surface area contributed by atoms with E-state index in [1.807, 2.05) is 30.3 Å². The van der Waals surface area contributed by atoms with Crippen LogP contribution in [-0.2, 0) is 9.59 Å². The summed E-state index contributed by atoms with van der Waals surface area (Å²) in [6.45, 7) is 1.99. The van der Waals surface area contributed by atoms with E-state index >= 15 is 0 Å². The van der Waals surface area contributed by atoms with E-state index in [0.717, 1.165) is 18.6 Å². The van der Waals surface area contributed by atoms with E-state index < -0.39 is 12.0 Å². The maximum absolute atomic E-state index is 12.2. The minimum atomic E-state index is -0.839. The number of aliphatic carboxylic acids is 1. The number of carbonyl (C=O) groups excluding carboxylic acids is 1. The lowest BCUT2D eigenvalue weighted by Gasteiger charge is -2.24. The molecule has 0 aliphatic carbocycles. The summed E-state index contributed by atoms with van der Waals surface area (Å²) in [4.78, 5) is 26.7. The number of para-hydroxylation sites is 1. The second-order valence-electron chi connectivity index (χ2n) is 5.80. The highest BCUT2D eigenvalue weighted by atomic mass is 35.5. The van der Waals surface area contributed by atoms with Crippen molar-refractivity contribution in [3.8, 4) is 5.75 Å². The number of hydrogen-bond donors (Lipinski definition) is 1. The standard InChI is InChI=1S/C17H24N2O4.ClH/c1-18(10-6-12-23-14-7-3-2-4-8-14)16(20)13-19-11-5-9-15(19)17(21)22;/h2-4,7-8,15H,5-6,9-13H2,1H3,(H,21,22);1H/t15-;/m1./s1. The highest BCUT2D eigenvalue weighted by Crippen LogP contribution is 2.17. The molecule has 0 saturated carbocycles. The Kier molecular flexibility index (Phi) is 8.57. The molecule has 1 aromatic carbocycles. The lowest BCUT2D eigenvalue weighted by Crippen LogP contribution is -2.43. The second-order valence-corrected chi connectivity index (χ2v) is 5.80. The Labute approximate surface area is 148 Å². The van der Waals surface area contributed by atoms with Crippen LogP contribution in [0.15, 0.2) is 30.3 Å². The van der Waals surface area contributed by atoms with Crippen molar-refractivity contribution >= 4 is 24.3 Å². The number of benzene rings is 1. The summed E-state index contributed by atoms with van der Waals surface area (Å²) in [5.41, 5.74) is 0. The first-order chi connectivity index (χ1) is 11.1. The summed E-state index contributed by atoms with van der Waals surface area (Å²) in [5, 5.41) is 9.13. The van der Waals surface area contributed by atoms with Crippen LogP contribution in [0, 0.1) is 0 Å². The number of carbonyl (C=O) groups is 2. The van der Waals surface area contributed by atoms with Gasteiger partial charge in [0.05, 0.1) is 13.2 Å². The minimum Gasteiger partial charge on any atom is -0.494 e.